The average Bonchev–Trinajstić information content (AvgIpc) is 3.52. The summed E-state index contributed by atoms with van der Waals surface area (Å²) >= 11 is 1.08. The van der Waals surface area contributed by atoms with E-state index in [4.69, 9.17) is 4.74 Å². The van der Waals surface area contributed by atoms with Crippen LogP contribution in [-0.2, 0) is 16.8 Å². The summed E-state index contributed by atoms with van der Waals surface area (Å²) in [5, 5.41) is 14.8. The Kier molecular flexibility index (Phi) is 7.45. The molecule has 0 spiro atoms. The highest BCUT2D eigenvalue weighted by molar-refractivity contribution is 7.12. The number of hydrogen-bond donors (Lipinski definition) is 2. The van der Waals surface area contributed by atoms with Crippen LogP contribution in [0.15, 0.2) is 24.4 Å². The molecule has 0 saturated heterocycles. The van der Waals surface area contributed by atoms with E-state index in [1.54, 1.807) is 0 Å². The second-order valence-electron chi connectivity index (χ2n) is 8.33. The molecule has 2 N–H and O–H groups in total. The molecule has 1 amide bonds. The molecule has 0 aliphatic carbocycles. The topological polar surface area (TPSA) is 106 Å². The molecule has 0 fully saturated rings. The van der Waals surface area contributed by atoms with Crippen molar-refractivity contribution in [2.75, 3.05) is 6.61 Å². The van der Waals surface area contributed by atoms with E-state index in [1.807, 2.05) is 12.2 Å². The van der Waals surface area contributed by atoms with E-state index in [2.05, 4.69) is 25.6 Å². The third-order valence-corrected chi connectivity index (χ3v) is 7.00. The van der Waals surface area contributed by atoms with Crippen LogP contribution in [0.3, 0.4) is 0 Å². The minimum Gasteiger partial charge on any atom is -0.493 e. The molecule has 2 aromatic heterocycles. The monoisotopic (exact) mass is 564 g/mol. The number of thiazole rings is 1. The van der Waals surface area contributed by atoms with Gasteiger partial charge in [0.25, 0.3) is 5.91 Å². The van der Waals surface area contributed by atoms with Crippen LogP contribution in [0, 0.1) is 5.82 Å². The standard InChI is InChI=1S/C22H19F7N6O2S/c1-2-12-10-30-19(38-12)13-9-20(22(27,28)29,31-18(36)16(13)17-32-34-35-33-17)14-5-4-11(8-15(14)23)37-7-3-6-21(24,25)26/h4-5,8,10H,2-3,6-7,9H2,1H3,(H,31,36)(H,32,33,34,35)/t20-/m0/s1. The van der Waals surface area contributed by atoms with Crippen molar-refractivity contribution in [2.24, 2.45) is 0 Å². The number of carbonyl (C=O) groups is 1. The van der Waals surface area contributed by atoms with Gasteiger partial charge in [0.1, 0.15) is 16.6 Å². The Morgan fingerprint density at radius 1 is 1.18 bits per heavy atom. The SMILES string of the molecule is CCc1cnc(C2=C(c3nnn[nH]3)C(=O)N[C@@](c3ccc(OCCCC(F)(F)F)cc3F)(C(F)(F)F)C2)s1. The molecule has 16 heteroatoms. The number of aromatic amines is 1. The summed E-state index contributed by atoms with van der Waals surface area (Å²) < 4.78 is 101. The number of H-pyrrole nitrogens is 1. The second-order valence-corrected chi connectivity index (χ2v) is 9.45. The van der Waals surface area contributed by atoms with E-state index in [1.165, 1.54) is 6.20 Å². The number of benzene rings is 1. The van der Waals surface area contributed by atoms with E-state index in [9.17, 15) is 31.1 Å². The molecule has 1 aliphatic rings. The fourth-order valence-electron chi connectivity index (χ4n) is 3.98. The van der Waals surface area contributed by atoms with Crippen LogP contribution in [0.4, 0.5) is 30.7 Å². The van der Waals surface area contributed by atoms with E-state index in [-0.39, 0.29) is 27.7 Å². The number of rotatable bonds is 8. The first-order chi connectivity index (χ1) is 17.8. The van der Waals surface area contributed by atoms with Crippen LogP contribution in [0.5, 0.6) is 5.75 Å². The smallest absolute Gasteiger partial charge is 0.416 e. The van der Waals surface area contributed by atoms with Crippen molar-refractivity contribution < 1.29 is 40.3 Å². The summed E-state index contributed by atoms with van der Waals surface area (Å²) in [6.45, 7) is 1.40. The largest absolute Gasteiger partial charge is 0.493 e. The number of tetrazole rings is 1. The van der Waals surface area contributed by atoms with Crippen molar-refractivity contribution in [2.45, 2.75) is 50.5 Å². The normalized spacial score (nSPS) is 18.6. The zero-order valence-corrected chi connectivity index (χ0v) is 20.3. The first-order valence-corrected chi connectivity index (χ1v) is 12.0. The molecule has 0 bridgehead atoms. The van der Waals surface area contributed by atoms with Gasteiger partial charge in [0.15, 0.2) is 11.4 Å². The van der Waals surface area contributed by atoms with Crippen LogP contribution in [0.1, 0.15) is 47.5 Å². The Labute approximate surface area is 214 Å². The highest BCUT2D eigenvalue weighted by Crippen LogP contribution is 2.50. The zero-order valence-electron chi connectivity index (χ0n) is 19.5. The summed E-state index contributed by atoms with van der Waals surface area (Å²) in [6.07, 6.45) is -10.1. The molecule has 4 rings (SSSR count). The number of alkyl halides is 6. The number of hydrogen-bond acceptors (Lipinski definition) is 7. The molecular formula is C22H19F7N6O2S. The number of carbonyl (C=O) groups excluding carboxylic acids is 1. The maximum absolute atomic E-state index is 15.2. The average molecular weight is 564 g/mol. The van der Waals surface area contributed by atoms with Gasteiger partial charge in [-0.15, -0.1) is 16.4 Å². The lowest BCUT2D eigenvalue weighted by atomic mass is 9.78. The van der Waals surface area contributed by atoms with Gasteiger partial charge in [-0.25, -0.2) is 14.5 Å². The van der Waals surface area contributed by atoms with Crippen LogP contribution in [-0.4, -0.2) is 50.5 Å². The lowest BCUT2D eigenvalue weighted by molar-refractivity contribution is -0.202. The summed E-state index contributed by atoms with van der Waals surface area (Å²) in [6, 6.07) is 2.43. The van der Waals surface area contributed by atoms with Gasteiger partial charge in [-0.05, 0) is 35.4 Å². The second kappa shape index (κ2) is 10.3. The number of ether oxygens (including phenoxy) is 1. The van der Waals surface area contributed by atoms with Crippen LogP contribution >= 0.6 is 11.3 Å². The van der Waals surface area contributed by atoms with Gasteiger partial charge in [0.2, 0.25) is 0 Å². The minimum absolute atomic E-state index is 0.113. The molecular weight excluding hydrogens is 545 g/mol. The third-order valence-electron chi connectivity index (χ3n) is 5.80. The van der Waals surface area contributed by atoms with Crippen molar-refractivity contribution in [3.05, 3.63) is 51.5 Å². The van der Waals surface area contributed by atoms with E-state index in [0.717, 1.165) is 28.3 Å². The molecule has 3 heterocycles. The molecule has 3 aromatic rings. The molecule has 0 radical (unpaired) electrons. The molecule has 0 unspecified atom stereocenters. The maximum atomic E-state index is 15.2. The Bertz CT molecular complexity index is 1340. The van der Waals surface area contributed by atoms with Gasteiger partial charge in [0.05, 0.1) is 12.2 Å². The number of nitrogens with zero attached hydrogens (tertiary/aromatic N) is 4. The molecule has 38 heavy (non-hydrogen) atoms. The number of nitrogens with one attached hydrogen (secondary N) is 2. The number of amides is 1. The molecule has 1 atom stereocenters. The lowest BCUT2D eigenvalue weighted by Crippen LogP contribution is -2.59. The fourth-order valence-corrected chi connectivity index (χ4v) is 4.88. The molecule has 1 aromatic carbocycles. The first-order valence-electron chi connectivity index (χ1n) is 11.2. The highest BCUT2D eigenvalue weighted by Gasteiger charge is 2.61. The maximum Gasteiger partial charge on any atom is 0.416 e. The number of aromatic nitrogens is 5. The summed E-state index contributed by atoms with van der Waals surface area (Å²) in [5.74, 6) is -3.02. The predicted molar refractivity (Wildman–Crippen MR) is 120 cm³/mol. The van der Waals surface area contributed by atoms with Gasteiger partial charge >= 0.3 is 12.4 Å². The van der Waals surface area contributed by atoms with E-state index < -0.39 is 61.0 Å². The number of aryl methyl sites for hydroxylation is 1. The van der Waals surface area contributed by atoms with Gasteiger partial charge in [0, 0.05) is 41.1 Å². The summed E-state index contributed by atoms with van der Waals surface area (Å²) in [5.41, 5.74) is -4.51. The van der Waals surface area contributed by atoms with Crippen molar-refractivity contribution in [1.29, 1.82) is 0 Å². The van der Waals surface area contributed by atoms with Crippen LogP contribution < -0.4 is 10.1 Å². The van der Waals surface area contributed by atoms with Gasteiger partial charge in [-0.2, -0.15) is 26.3 Å². The van der Waals surface area contributed by atoms with Crippen LogP contribution in [0.25, 0.3) is 11.1 Å². The van der Waals surface area contributed by atoms with Crippen molar-refractivity contribution >= 4 is 28.4 Å². The minimum atomic E-state index is -5.18. The van der Waals surface area contributed by atoms with Crippen molar-refractivity contribution in [3.63, 3.8) is 0 Å². The van der Waals surface area contributed by atoms with E-state index in [0.29, 0.717) is 12.5 Å². The van der Waals surface area contributed by atoms with Crippen molar-refractivity contribution in [3.8, 4) is 5.75 Å². The summed E-state index contributed by atoms with van der Waals surface area (Å²) in [4.78, 5) is 18.1. The van der Waals surface area contributed by atoms with Crippen LogP contribution in [0.2, 0.25) is 0 Å². The van der Waals surface area contributed by atoms with Gasteiger partial charge in [-0.3, -0.25) is 4.79 Å². The molecule has 8 nitrogen and oxygen atoms in total. The van der Waals surface area contributed by atoms with Gasteiger partial charge < -0.3 is 10.1 Å². The van der Waals surface area contributed by atoms with Crippen molar-refractivity contribution in [1.82, 2.24) is 30.9 Å². The molecule has 0 saturated carbocycles. The summed E-state index contributed by atoms with van der Waals surface area (Å²) in [7, 11) is 0. The zero-order chi connectivity index (χ0) is 27.7. The number of halogens is 7. The third kappa shape index (κ3) is 5.49. The fraction of sp³-hybridized carbons (Fsp3) is 0.409. The molecule has 204 valence electrons. The Morgan fingerprint density at radius 3 is 2.53 bits per heavy atom. The van der Waals surface area contributed by atoms with E-state index >= 15 is 4.39 Å². The Morgan fingerprint density at radius 2 is 1.95 bits per heavy atom. The first kappa shape index (κ1) is 27.5. The predicted octanol–water partition coefficient (Wildman–Crippen LogP) is 4.97. The Hall–Kier alpha value is -3.56. The molecule has 1 aliphatic heterocycles. The quantitative estimate of drug-likeness (QED) is 0.296. The highest BCUT2D eigenvalue weighted by atomic mass is 32.1. The lowest BCUT2D eigenvalue weighted by Gasteiger charge is -2.41. The Balaban J connectivity index is 1.75. The van der Waals surface area contributed by atoms with Gasteiger partial charge in [-0.1, -0.05) is 6.92 Å².